The van der Waals surface area contributed by atoms with Crippen LogP contribution in [0.5, 0.6) is 11.5 Å². The summed E-state index contributed by atoms with van der Waals surface area (Å²) in [5, 5.41) is 6.70. The molecule has 178 valence electrons. The second kappa shape index (κ2) is 14.2. The quantitative estimate of drug-likeness (QED) is 0.251. The maximum absolute atomic E-state index is 14.0. The fourth-order valence-corrected chi connectivity index (χ4v) is 3.21. The third-order valence-corrected chi connectivity index (χ3v) is 4.70. The van der Waals surface area contributed by atoms with Gasteiger partial charge in [0.25, 0.3) is 0 Å². The summed E-state index contributed by atoms with van der Waals surface area (Å²) in [6.07, 6.45) is 0. The van der Waals surface area contributed by atoms with E-state index in [0.29, 0.717) is 37.8 Å². The lowest BCUT2D eigenvalue weighted by Gasteiger charge is -2.20. The van der Waals surface area contributed by atoms with Crippen molar-refractivity contribution in [2.75, 3.05) is 34.4 Å². The molecule has 0 aliphatic heterocycles. The van der Waals surface area contributed by atoms with Crippen LogP contribution in [0.2, 0.25) is 0 Å². The zero-order valence-electron chi connectivity index (χ0n) is 19.9. The standard InChI is InChI=1S/C24H35FN4O2.HI/c1-7-30-22-12-10-19(14-23(22)31-8-2)17(3)28-24(26-4)27-15-18-9-11-21(25)20(13-18)16-29(5)6;/h9-14,17H,7-8,15-16H2,1-6H3,(H2,26,27,28);1H. The fourth-order valence-electron chi connectivity index (χ4n) is 3.21. The van der Waals surface area contributed by atoms with Crippen molar-refractivity contribution in [3.63, 3.8) is 0 Å². The van der Waals surface area contributed by atoms with Crippen LogP contribution in [0.3, 0.4) is 0 Å². The summed E-state index contributed by atoms with van der Waals surface area (Å²) < 4.78 is 25.4. The van der Waals surface area contributed by atoms with E-state index in [1.807, 2.05) is 57.1 Å². The normalized spacial score (nSPS) is 12.2. The van der Waals surface area contributed by atoms with Gasteiger partial charge in [0, 0.05) is 25.7 Å². The van der Waals surface area contributed by atoms with Gasteiger partial charge in [0.1, 0.15) is 5.82 Å². The van der Waals surface area contributed by atoms with Crippen molar-refractivity contribution in [3.05, 3.63) is 58.9 Å². The van der Waals surface area contributed by atoms with Gasteiger partial charge in [-0.25, -0.2) is 4.39 Å². The van der Waals surface area contributed by atoms with Crippen LogP contribution >= 0.6 is 24.0 Å². The maximum Gasteiger partial charge on any atom is 0.191 e. The van der Waals surface area contributed by atoms with Gasteiger partial charge >= 0.3 is 0 Å². The predicted octanol–water partition coefficient (Wildman–Crippen LogP) is 4.73. The lowest BCUT2D eigenvalue weighted by Crippen LogP contribution is -2.38. The monoisotopic (exact) mass is 558 g/mol. The number of aliphatic imine (C=N–C) groups is 1. The smallest absolute Gasteiger partial charge is 0.191 e. The molecule has 2 aromatic rings. The molecule has 0 spiro atoms. The largest absolute Gasteiger partial charge is 0.490 e. The molecule has 0 saturated carbocycles. The molecule has 0 radical (unpaired) electrons. The Morgan fingerprint density at radius 2 is 1.75 bits per heavy atom. The van der Waals surface area contributed by atoms with Crippen molar-refractivity contribution in [3.8, 4) is 11.5 Å². The first-order chi connectivity index (χ1) is 14.9. The predicted molar refractivity (Wildman–Crippen MR) is 140 cm³/mol. The van der Waals surface area contributed by atoms with E-state index in [1.165, 1.54) is 6.07 Å². The Balaban J connectivity index is 0.00000512. The van der Waals surface area contributed by atoms with Crippen molar-refractivity contribution in [1.29, 1.82) is 0 Å². The Hall–Kier alpha value is -2.07. The van der Waals surface area contributed by atoms with E-state index < -0.39 is 0 Å². The Bertz CT molecular complexity index is 877. The summed E-state index contributed by atoms with van der Waals surface area (Å²) in [4.78, 5) is 6.27. The third kappa shape index (κ3) is 8.46. The summed E-state index contributed by atoms with van der Waals surface area (Å²) in [5.41, 5.74) is 2.73. The minimum atomic E-state index is -0.186. The molecular formula is C24H36FIN4O2. The van der Waals surface area contributed by atoms with Crippen molar-refractivity contribution in [1.82, 2.24) is 15.5 Å². The van der Waals surface area contributed by atoms with Gasteiger partial charge in [-0.3, -0.25) is 4.99 Å². The van der Waals surface area contributed by atoms with Crippen LogP contribution in [-0.2, 0) is 13.1 Å². The van der Waals surface area contributed by atoms with Crippen molar-refractivity contribution in [2.24, 2.45) is 4.99 Å². The average molecular weight is 558 g/mol. The van der Waals surface area contributed by atoms with Crippen molar-refractivity contribution in [2.45, 2.75) is 39.9 Å². The number of guanidine groups is 1. The van der Waals surface area contributed by atoms with Crippen LogP contribution in [0.15, 0.2) is 41.4 Å². The summed E-state index contributed by atoms with van der Waals surface area (Å²) in [7, 11) is 5.58. The summed E-state index contributed by atoms with van der Waals surface area (Å²) in [5.74, 6) is 1.96. The molecule has 0 aromatic heterocycles. The lowest BCUT2D eigenvalue weighted by molar-refractivity contribution is 0.287. The van der Waals surface area contributed by atoms with Crippen LogP contribution in [0.25, 0.3) is 0 Å². The molecule has 0 saturated heterocycles. The Kier molecular flexibility index (Phi) is 12.4. The first kappa shape index (κ1) is 28.0. The molecule has 2 rings (SSSR count). The van der Waals surface area contributed by atoms with Gasteiger partial charge in [0.05, 0.1) is 19.3 Å². The second-order valence-electron chi connectivity index (χ2n) is 7.53. The number of halogens is 2. The summed E-state index contributed by atoms with van der Waals surface area (Å²) in [6, 6.07) is 11.1. The molecule has 2 N–H and O–H groups in total. The van der Waals surface area contributed by atoms with E-state index in [4.69, 9.17) is 9.47 Å². The minimum Gasteiger partial charge on any atom is -0.490 e. The Labute approximate surface area is 208 Å². The molecule has 2 aromatic carbocycles. The minimum absolute atomic E-state index is 0. The highest BCUT2D eigenvalue weighted by atomic mass is 127. The molecule has 0 fully saturated rings. The summed E-state index contributed by atoms with van der Waals surface area (Å²) >= 11 is 0. The van der Waals surface area contributed by atoms with Gasteiger partial charge in [0.2, 0.25) is 0 Å². The molecular weight excluding hydrogens is 522 g/mol. The highest BCUT2D eigenvalue weighted by Gasteiger charge is 2.13. The summed E-state index contributed by atoms with van der Waals surface area (Å²) in [6.45, 7) is 8.23. The van der Waals surface area contributed by atoms with Gasteiger partial charge in [-0.15, -0.1) is 24.0 Å². The Morgan fingerprint density at radius 3 is 2.38 bits per heavy atom. The van der Waals surface area contributed by atoms with Gasteiger partial charge < -0.3 is 25.0 Å². The van der Waals surface area contributed by atoms with E-state index in [0.717, 1.165) is 22.6 Å². The van der Waals surface area contributed by atoms with Crippen LogP contribution in [0.4, 0.5) is 4.39 Å². The average Bonchev–Trinajstić information content (AvgIpc) is 2.74. The van der Waals surface area contributed by atoms with Gasteiger partial charge in [-0.05, 0) is 70.3 Å². The second-order valence-corrected chi connectivity index (χ2v) is 7.53. The number of nitrogens with one attached hydrogen (secondary N) is 2. The number of ether oxygens (including phenoxy) is 2. The molecule has 0 aliphatic carbocycles. The number of nitrogens with zero attached hydrogens (tertiary/aromatic N) is 2. The van der Waals surface area contributed by atoms with Crippen LogP contribution in [0, 0.1) is 5.82 Å². The zero-order chi connectivity index (χ0) is 22.8. The highest BCUT2D eigenvalue weighted by Crippen LogP contribution is 2.30. The van der Waals surface area contributed by atoms with E-state index >= 15 is 0 Å². The highest BCUT2D eigenvalue weighted by molar-refractivity contribution is 14.0. The lowest BCUT2D eigenvalue weighted by atomic mass is 10.1. The van der Waals surface area contributed by atoms with E-state index in [9.17, 15) is 4.39 Å². The Morgan fingerprint density at radius 1 is 1.06 bits per heavy atom. The first-order valence-corrected chi connectivity index (χ1v) is 10.7. The molecule has 0 heterocycles. The molecule has 0 aliphatic rings. The molecule has 32 heavy (non-hydrogen) atoms. The number of hydrogen-bond donors (Lipinski definition) is 2. The number of hydrogen-bond acceptors (Lipinski definition) is 4. The molecule has 8 heteroatoms. The van der Waals surface area contributed by atoms with E-state index in [-0.39, 0.29) is 35.8 Å². The first-order valence-electron chi connectivity index (χ1n) is 10.7. The zero-order valence-corrected chi connectivity index (χ0v) is 22.2. The van der Waals surface area contributed by atoms with Crippen LogP contribution in [0.1, 0.15) is 43.5 Å². The van der Waals surface area contributed by atoms with E-state index in [2.05, 4.69) is 22.5 Å². The molecule has 0 bridgehead atoms. The molecule has 0 amide bonds. The fraction of sp³-hybridized carbons (Fsp3) is 0.458. The van der Waals surface area contributed by atoms with Gasteiger partial charge in [0.15, 0.2) is 17.5 Å². The van der Waals surface area contributed by atoms with Crippen LogP contribution in [-0.4, -0.2) is 45.2 Å². The topological polar surface area (TPSA) is 58.1 Å². The molecule has 1 unspecified atom stereocenters. The molecule has 1 atom stereocenters. The third-order valence-electron chi connectivity index (χ3n) is 4.70. The number of rotatable bonds is 10. The van der Waals surface area contributed by atoms with Crippen molar-refractivity contribution >= 4 is 29.9 Å². The van der Waals surface area contributed by atoms with Gasteiger partial charge in [-0.1, -0.05) is 12.1 Å². The van der Waals surface area contributed by atoms with Gasteiger partial charge in [-0.2, -0.15) is 0 Å². The molecule has 6 nitrogen and oxygen atoms in total. The van der Waals surface area contributed by atoms with Crippen LogP contribution < -0.4 is 20.1 Å². The van der Waals surface area contributed by atoms with Crippen molar-refractivity contribution < 1.29 is 13.9 Å². The number of benzene rings is 2. The SMILES string of the molecule is CCOc1ccc(C(C)NC(=NC)NCc2ccc(F)c(CN(C)C)c2)cc1OCC.I. The van der Waals surface area contributed by atoms with E-state index in [1.54, 1.807) is 13.1 Å². The maximum atomic E-state index is 14.0.